The van der Waals surface area contributed by atoms with Crippen LogP contribution >= 0.6 is 24.0 Å². The Bertz CT molecular complexity index is 619. The molecule has 0 unspecified atom stereocenters. The Morgan fingerprint density at radius 2 is 1.74 bits per heavy atom. The first kappa shape index (κ1) is 19.5. The molecular formula is C18H22Cl2N2O. The second-order valence-corrected chi connectivity index (χ2v) is 5.65. The van der Waals surface area contributed by atoms with Crippen LogP contribution in [0, 0.1) is 0 Å². The van der Waals surface area contributed by atoms with Crippen LogP contribution in [0.2, 0.25) is 5.02 Å². The minimum absolute atomic E-state index is 0. The number of carbonyl (C=O) groups excluding carboxylic acids is 1. The number of nitrogens with two attached hydrogens (primary N) is 1. The third kappa shape index (κ3) is 5.54. The molecule has 1 amide bonds. The fourth-order valence-corrected chi connectivity index (χ4v) is 2.56. The van der Waals surface area contributed by atoms with Crippen LogP contribution in [0.5, 0.6) is 0 Å². The van der Waals surface area contributed by atoms with E-state index < -0.39 is 6.04 Å². The predicted molar refractivity (Wildman–Crippen MR) is 97.9 cm³/mol. The van der Waals surface area contributed by atoms with E-state index in [2.05, 4.69) is 0 Å². The number of hydrogen-bond donors (Lipinski definition) is 1. The number of halogens is 2. The summed E-state index contributed by atoms with van der Waals surface area (Å²) in [5.74, 6) is -0.0497. The summed E-state index contributed by atoms with van der Waals surface area (Å²) in [7, 11) is 0. The molecule has 0 aromatic heterocycles. The largest absolute Gasteiger partial charge is 0.337 e. The number of benzene rings is 2. The van der Waals surface area contributed by atoms with E-state index in [1.54, 1.807) is 4.90 Å². The maximum Gasteiger partial charge on any atom is 0.240 e. The Kier molecular flexibility index (Phi) is 8.10. The van der Waals surface area contributed by atoms with Crippen molar-refractivity contribution in [2.75, 3.05) is 6.54 Å². The van der Waals surface area contributed by atoms with Crippen LogP contribution in [0.1, 0.15) is 18.1 Å². The molecule has 23 heavy (non-hydrogen) atoms. The van der Waals surface area contributed by atoms with Gasteiger partial charge in [0.25, 0.3) is 0 Å². The highest BCUT2D eigenvalue weighted by Gasteiger charge is 2.20. The van der Waals surface area contributed by atoms with Crippen LogP contribution in [-0.2, 0) is 17.8 Å². The SMILES string of the molecule is CCN(Cc1ccccc1Cl)C(=O)[C@@H](N)Cc1ccccc1.Cl. The molecule has 3 nitrogen and oxygen atoms in total. The number of rotatable bonds is 6. The topological polar surface area (TPSA) is 46.3 Å². The molecule has 2 N–H and O–H groups in total. The summed E-state index contributed by atoms with van der Waals surface area (Å²) in [6.45, 7) is 3.04. The van der Waals surface area contributed by atoms with Gasteiger partial charge in [-0.15, -0.1) is 12.4 Å². The predicted octanol–water partition coefficient (Wildman–Crippen LogP) is 3.68. The molecule has 0 aliphatic heterocycles. The number of carbonyl (C=O) groups is 1. The number of nitrogens with zero attached hydrogens (tertiary/aromatic N) is 1. The normalized spacial score (nSPS) is 11.4. The van der Waals surface area contributed by atoms with Crippen LogP contribution in [-0.4, -0.2) is 23.4 Å². The first-order valence-electron chi connectivity index (χ1n) is 7.43. The molecule has 0 saturated carbocycles. The van der Waals surface area contributed by atoms with E-state index in [0.717, 1.165) is 11.1 Å². The van der Waals surface area contributed by atoms with Gasteiger partial charge < -0.3 is 10.6 Å². The zero-order valence-corrected chi connectivity index (χ0v) is 14.7. The summed E-state index contributed by atoms with van der Waals surface area (Å²) >= 11 is 6.17. The molecule has 0 bridgehead atoms. The van der Waals surface area contributed by atoms with Gasteiger partial charge in [-0.3, -0.25) is 4.79 Å². The van der Waals surface area contributed by atoms with E-state index in [1.807, 2.05) is 61.5 Å². The molecule has 0 saturated heterocycles. The van der Waals surface area contributed by atoms with Gasteiger partial charge in [-0.2, -0.15) is 0 Å². The van der Waals surface area contributed by atoms with Crippen molar-refractivity contribution in [2.45, 2.75) is 25.9 Å². The molecule has 0 heterocycles. The molecule has 124 valence electrons. The van der Waals surface area contributed by atoms with Crippen LogP contribution in [0.4, 0.5) is 0 Å². The Morgan fingerprint density at radius 3 is 2.35 bits per heavy atom. The van der Waals surface area contributed by atoms with E-state index in [-0.39, 0.29) is 18.3 Å². The van der Waals surface area contributed by atoms with Crippen LogP contribution in [0.3, 0.4) is 0 Å². The highest BCUT2D eigenvalue weighted by Crippen LogP contribution is 2.17. The molecule has 0 spiro atoms. The van der Waals surface area contributed by atoms with Crippen molar-refractivity contribution >= 4 is 29.9 Å². The Labute approximate surface area is 148 Å². The van der Waals surface area contributed by atoms with Crippen LogP contribution in [0.15, 0.2) is 54.6 Å². The van der Waals surface area contributed by atoms with Crippen molar-refractivity contribution in [1.29, 1.82) is 0 Å². The quantitative estimate of drug-likeness (QED) is 0.861. The smallest absolute Gasteiger partial charge is 0.240 e. The lowest BCUT2D eigenvalue weighted by Gasteiger charge is -2.25. The van der Waals surface area contributed by atoms with Gasteiger partial charge in [0.2, 0.25) is 5.91 Å². The average molecular weight is 353 g/mol. The van der Waals surface area contributed by atoms with Crippen molar-refractivity contribution < 1.29 is 4.79 Å². The zero-order valence-electron chi connectivity index (χ0n) is 13.1. The van der Waals surface area contributed by atoms with Gasteiger partial charge in [0, 0.05) is 18.1 Å². The monoisotopic (exact) mass is 352 g/mol. The van der Waals surface area contributed by atoms with Gasteiger partial charge in [0.15, 0.2) is 0 Å². The molecule has 2 aromatic rings. The van der Waals surface area contributed by atoms with Gasteiger partial charge in [-0.1, -0.05) is 60.1 Å². The lowest BCUT2D eigenvalue weighted by atomic mass is 10.1. The van der Waals surface area contributed by atoms with Gasteiger partial charge >= 0.3 is 0 Å². The van der Waals surface area contributed by atoms with Gasteiger partial charge in [0.05, 0.1) is 6.04 Å². The van der Waals surface area contributed by atoms with E-state index in [9.17, 15) is 4.79 Å². The van der Waals surface area contributed by atoms with Crippen molar-refractivity contribution in [3.63, 3.8) is 0 Å². The third-order valence-corrected chi connectivity index (χ3v) is 4.00. The first-order chi connectivity index (χ1) is 10.6. The summed E-state index contributed by atoms with van der Waals surface area (Å²) < 4.78 is 0. The summed E-state index contributed by atoms with van der Waals surface area (Å²) in [6, 6.07) is 16.8. The molecule has 0 fully saturated rings. The van der Waals surface area contributed by atoms with E-state index >= 15 is 0 Å². The van der Waals surface area contributed by atoms with Gasteiger partial charge in [0.1, 0.15) is 0 Å². The number of amides is 1. The van der Waals surface area contributed by atoms with Crippen molar-refractivity contribution in [2.24, 2.45) is 5.73 Å². The summed E-state index contributed by atoms with van der Waals surface area (Å²) in [5, 5.41) is 0.672. The highest BCUT2D eigenvalue weighted by molar-refractivity contribution is 6.31. The standard InChI is InChI=1S/C18H21ClN2O.ClH/c1-2-21(13-15-10-6-7-11-16(15)19)18(22)17(20)12-14-8-4-3-5-9-14;/h3-11,17H,2,12-13,20H2,1H3;1H/t17-;/m0./s1. The summed E-state index contributed by atoms with van der Waals surface area (Å²) in [6.07, 6.45) is 0.540. The number of likely N-dealkylation sites (N-methyl/N-ethyl adjacent to an activating group) is 1. The lowest BCUT2D eigenvalue weighted by molar-refractivity contribution is -0.133. The zero-order chi connectivity index (χ0) is 15.9. The van der Waals surface area contributed by atoms with Gasteiger partial charge in [-0.05, 0) is 30.5 Å². The van der Waals surface area contributed by atoms with Crippen LogP contribution < -0.4 is 5.73 Å². The maximum atomic E-state index is 12.6. The minimum Gasteiger partial charge on any atom is -0.337 e. The highest BCUT2D eigenvalue weighted by atomic mass is 35.5. The van der Waals surface area contributed by atoms with Crippen molar-refractivity contribution in [3.05, 3.63) is 70.7 Å². The minimum atomic E-state index is -0.537. The second kappa shape index (κ2) is 9.56. The van der Waals surface area contributed by atoms with E-state index in [0.29, 0.717) is 24.5 Å². The summed E-state index contributed by atoms with van der Waals surface area (Å²) in [5.41, 5.74) is 8.10. The fraction of sp³-hybridized carbons (Fsp3) is 0.278. The molecular weight excluding hydrogens is 331 g/mol. The molecule has 1 atom stereocenters. The molecule has 2 rings (SSSR count). The summed E-state index contributed by atoms with van der Waals surface area (Å²) in [4.78, 5) is 14.3. The molecule has 0 radical (unpaired) electrons. The fourth-order valence-electron chi connectivity index (χ4n) is 2.37. The molecule has 0 aliphatic rings. The number of hydrogen-bond acceptors (Lipinski definition) is 2. The average Bonchev–Trinajstić information content (AvgIpc) is 2.54. The van der Waals surface area contributed by atoms with E-state index in [1.165, 1.54) is 0 Å². The van der Waals surface area contributed by atoms with Crippen molar-refractivity contribution in [3.8, 4) is 0 Å². The maximum absolute atomic E-state index is 12.6. The van der Waals surface area contributed by atoms with Crippen LogP contribution in [0.25, 0.3) is 0 Å². The molecule has 2 aromatic carbocycles. The van der Waals surface area contributed by atoms with E-state index in [4.69, 9.17) is 17.3 Å². The Morgan fingerprint density at radius 1 is 1.13 bits per heavy atom. The first-order valence-corrected chi connectivity index (χ1v) is 7.81. The third-order valence-electron chi connectivity index (χ3n) is 3.63. The lowest BCUT2D eigenvalue weighted by Crippen LogP contribution is -2.44. The second-order valence-electron chi connectivity index (χ2n) is 5.24. The molecule has 0 aliphatic carbocycles. The Hall–Kier alpha value is -1.55. The Balaban J connectivity index is 0.00000264. The van der Waals surface area contributed by atoms with Crippen molar-refractivity contribution in [1.82, 2.24) is 4.90 Å². The molecule has 5 heteroatoms. The van der Waals surface area contributed by atoms with Gasteiger partial charge in [-0.25, -0.2) is 0 Å².